The number of sulfonamides is 2. The monoisotopic (exact) mass is 637 g/mol. The molecule has 220 valence electrons. The molecule has 42 heavy (non-hydrogen) atoms. The van der Waals surface area contributed by atoms with Crippen LogP contribution >= 0.6 is 11.6 Å². The number of anilines is 3. The van der Waals surface area contributed by atoms with Crippen LogP contribution in [0, 0.1) is 6.92 Å². The number of carbonyl (C=O) groups excluding carboxylic acids is 1. The van der Waals surface area contributed by atoms with Gasteiger partial charge in [-0.05, 0) is 79.2 Å². The molecule has 0 aromatic heterocycles. The first kappa shape index (κ1) is 30.9. The SMILES string of the molecule is Cc1cccc(N(CC(=O)Nc2ccc(S(=O)(=O)Nc3ccc(Cl)c(C(F)(F)F)c3)cc2)S(=O)(=O)c2ccccc2)c1. The quantitative estimate of drug-likeness (QED) is 0.224. The zero-order valence-electron chi connectivity index (χ0n) is 21.8. The molecule has 14 heteroatoms. The molecular weight excluding hydrogens is 615 g/mol. The highest BCUT2D eigenvalue weighted by Crippen LogP contribution is 2.36. The second-order valence-corrected chi connectivity index (χ2v) is 13.0. The van der Waals surface area contributed by atoms with Gasteiger partial charge in [-0.1, -0.05) is 41.9 Å². The lowest BCUT2D eigenvalue weighted by atomic mass is 10.2. The largest absolute Gasteiger partial charge is 0.417 e. The van der Waals surface area contributed by atoms with Gasteiger partial charge in [-0.25, -0.2) is 16.8 Å². The first-order chi connectivity index (χ1) is 19.7. The van der Waals surface area contributed by atoms with E-state index < -0.39 is 49.3 Å². The number of nitrogens with one attached hydrogen (secondary N) is 2. The van der Waals surface area contributed by atoms with E-state index in [1.807, 2.05) is 0 Å². The molecule has 0 aliphatic carbocycles. The van der Waals surface area contributed by atoms with Gasteiger partial charge in [0.1, 0.15) is 6.54 Å². The number of carbonyl (C=O) groups is 1. The molecule has 0 radical (unpaired) electrons. The van der Waals surface area contributed by atoms with E-state index >= 15 is 0 Å². The van der Waals surface area contributed by atoms with Crippen LogP contribution in [-0.2, 0) is 31.0 Å². The van der Waals surface area contributed by atoms with E-state index in [1.54, 1.807) is 49.4 Å². The standard InChI is InChI=1S/C28H23ClF3N3O5S2/c1-19-6-5-7-22(16-19)35(42(39,40)24-8-3-2-4-9-24)18-27(36)33-20-10-13-23(14-11-20)41(37,38)34-21-12-15-26(29)25(17-21)28(30,31)32/h2-17,34H,18H2,1H3,(H,33,36). The molecule has 0 heterocycles. The van der Waals surface area contributed by atoms with Crippen LogP contribution in [0.1, 0.15) is 11.1 Å². The number of amides is 1. The van der Waals surface area contributed by atoms with Crippen molar-refractivity contribution in [3.63, 3.8) is 0 Å². The van der Waals surface area contributed by atoms with Crippen molar-refractivity contribution in [3.05, 3.63) is 113 Å². The second-order valence-electron chi connectivity index (χ2n) is 9.03. The van der Waals surface area contributed by atoms with E-state index in [2.05, 4.69) is 10.0 Å². The average Bonchev–Trinajstić information content (AvgIpc) is 2.93. The van der Waals surface area contributed by atoms with Gasteiger partial charge in [-0.15, -0.1) is 0 Å². The summed E-state index contributed by atoms with van der Waals surface area (Å²) >= 11 is 5.59. The van der Waals surface area contributed by atoms with E-state index in [0.717, 1.165) is 34.1 Å². The number of hydrogen-bond acceptors (Lipinski definition) is 5. The zero-order valence-corrected chi connectivity index (χ0v) is 24.2. The molecule has 0 bridgehead atoms. The van der Waals surface area contributed by atoms with Crippen LogP contribution in [-0.4, -0.2) is 29.3 Å². The minimum absolute atomic E-state index is 0.00981. The summed E-state index contributed by atoms with van der Waals surface area (Å²) in [7, 11) is -8.43. The highest BCUT2D eigenvalue weighted by Gasteiger charge is 2.34. The van der Waals surface area contributed by atoms with E-state index in [0.29, 0.717) is 6.07 Å². The Labute approximate surface area is 245 Å². The maximum absolute atomic E-state index is 13.4. The van der Waals surface area contributed by atoms with Crippen LogP contribution in [0.2, 0.25) is 5.02 Å². The number of nitrogens with zero attached hydrogens (tertiary/aromatic N) is 1. The molecule has 0 aliphatic heterocycles. The highest BCUT2D eigenvalue weighted by molar-refractivity contribution is 7.93. The van der Waals surface area contributed by atoms with Crippen molar-refractivity contribution in [1.29, 1.82) is 0 Å². The van der Waals surface area contributed by atoms with Gasteiger partial charge in [0.25, 0.3) is 20.0 Å². The summed E-state index contributed by atoms with van der Waals surface area (Å²) in [6.45, 7) is 1.20. The van der Waals surface area contributed by atoms with Gasteiger partial charge >= 0.3 is 6.18 Å². The van der Waals surface area contributed by atoms with Crippen molar-refractivity contribution < 1.29 is 34.8 Å². The van der Waals surface area contributed by atoms with Gasteiger partial charge in [0, 0.05) is 11.4 Å². The van der Waals surface area contributed by atoms with Gasteiger partial charge in [-0.3, -0.25) is 13.8 Å². The molecule has 0 atom stereocenters. The third kappa shape index (κ3) is 7.22. The number of hydrogen-bond donors (Lipinski definition) is 2. The minimum Gasteiger partial charge on any atom is -0.325 e. The summed E-state index contributed by atoms with van der Waals surface area (Å²) in [5.41, 5.74) is -0.334. The summed E-state index contributed by atoms with van der Waals surface area (Å²) in [6, 6.07) is 21.6. The van der Waals surface area contributed by atoms with E-state index in [1.165, 1.54) is 24.3 Å². The van der Waals surface area contributed by atoms with E-state index in [4.69, 9.17) is 11.6 Å². The lowest BCUT2D eigenvalue weighted by molar-refractivity contribution is -0.137. The fourth-order valence-electron chi connectivity index (χ4n) is 3.89. The van der Waals surface area contributed by atoms with Crippen molar-refractivity contribution in [3.8, 4) is 0 Å². The molecule has 1 amide bonds. The maximum Gasteiger partial charge on any atom is 0.417 e. The molecule has 0 saturated carbocycles. The molecule has 0 unspecified atom stereocenters. The van der Waals surface area contributed by atoms with Gasteiger partial charge < -0.3 is 5.32 Å². The predicted molar refractivity (Wildman–Crippen MR) is 154 cm³/mol. The molecule has 4 aromatic rings. The molecule has 0 saturated heterocycles. The topological polar surface area (TPSA) is 113 Å². The smallest absolute Gasteiger partial charge is 0.325 e. The summed E-state index contributed by atoms with van der Waals surface area (Å²) in [5, 5.41) is 1.96. The molecule has 4 aromatic carbocycles. The predicted octanol–water partition coefficient (Wildman–Crippen LogP) is 6.30. The highest BCUT2D eigenvalue weighted by atomic mass is 35.5. The van der Waals surface area contributed by atoms with Crippen molar-refractivity contribution in [2.24, 2.45) is 0 Å². The lowest BCUT2D eigenvalue weighted by Gasteiger charge is -2.24. The Hall–Kier alpha value is -4.07. The van der Waals surface area contributed by atoms with Crippen LogP contribution in [0.4, 0.5) is 30.2 Å². The summed E-state index contributed by atoms with van der Waals surface area (Å²) < 4.78 is 94.9. The normalized spacial score (nSPS) is 12.0. The van der Waals surface area contributed by atoms with Crippen LogP contribution in [0.3, 0.4) is 0 Å². The van der Waals surface area contributed by atoms with Crippen LogP contribution in [0.15, 0.2) is 107 Å². The van der Waals surface area contributed by atoms with Gasteiger partial charge in [-0.2, -0.15) is 13.2 Å². The second kappa shape index (κ2) is 12.0. The Morgan fingerprint density at radius 3 is 2.07 bits per heavy atom. The van der Waals surface area contributed by atoms with Gasteiger partial charge in [0.15, 0.2) is 0 Å². The molecule has 8 nitrogen and oxygen atoms in total. The molecule has 2 N–H and O–H groups in total. The van der Waals surface area contributed by atoms with Crippen molar-refractivity contribution in [1.82, 2.24) is 0 Å². The number of benzene rings is 4. The Bertz CT molecular complexity index is 1820. The molecular formula is C28H23ClF3N3O5S2. The molecule has 0 spiro atoms. The molecule has 0 aliphatic rings. The van der Waals surface area contributed by atoms with Crippen LogP contribution in [0.25, 0.3) is 0 Å². The van der Waals surface area contributed by atoms with Gasteiger partial charge in [0.05, 0.1) is 26.1 Å². The lowest BCUT2D eigenvalue weighted by Crippen LogP contribution is -2.38. The average molecular weight is 638 g/mol. The molecule has 0 fully saturated rings. The number of halogens is 4. The summed E-state index contributed by atoms with van der Waals surface area (Å²) in [6.07, 6.45) is -4.78. The van der Waals surface area contributed by atoms with Crippen molar-refractivity contribution in [2.45, 2.75) is 22.9 Å². The molecule has 4 rings (SSSR count). The van der Waals surface area contributed by atoms with E-state index in [9.17, 15) is 34.8 Å². The summed E-state index contributed by atoms with van der Waals surface area (Å²) in [4.78, 5) is 12.7. The number of rotatable bonds is 9. The summed E-state index contributed by atoms with van der Waals surface area (Å²) in [5.74, 6) is -0.703. The fraction of sp³-hybridized carbons (Fsp3) is 0.107. The third-order valence-corrected chi connectivity index (χ3v) is 9.40. The fourth-order valence-corrected chi connectivity index (χ4v) is 6.59. The zero-order chi connectivity index (χ0) is 30.7. The third-order valence-electron chi connectivity index (χ3n) is 5.88. The van der Waals surface area contributed by atoms with Crippen LogP contribution in [0.5, 0.6) is 0 Å². The Morgan fingerprint density at radius 1 is 0.810 bits per heavy atom. The maximum atomic E-state index is 13.4. The first-order valence-electron chi connectivity index (χ1n) is 12.1. The van der Waals surface area contributed by atoms with E-state index in [-0.39, 0.29) is 26.9 Å². The number of alkyl halides is 3. The van der Waals surface area contributed by atoms with Crippen molar-refractivity contribution in [2.75, 3.05) is 20.9 Å². The number of aryl methyl sites for hydroxylation is 1. The Kier molecular flexibility index (Phi) is 8.85. The minimum atomic E-state index is -4.78. The van der Waals surface area contributed by atoms with Crippen LogP contribution < -0.4 is 14.3 Å². The Morgan fingerprint density at radius 2 is 1.45 bits per heavy atom. The Balaban J connectivity index is 1.52. The van der Waals surface area contributed by atoms with Crippen molar-refractivity contribution >= 4 is 54.6 Å². The van der Waals surface area contributed by atoms with Gasteiger partial charge in [0.2, 0.25) is 5.91 Å². The first-order valence-corrected chi connectivity index (χ1v) is 15.4.